The predicted molar refractivity (Wildman–Crippen MR) is 68.6 cm³/mol. The average molecular weight is 312 g/mol. The van der Waals surface area contributed by atoms with E-state index in [1.165, 1.54) is 12.3 Å². The highest BCUT2D eigenvalue weighted by Gasteiger charge is 2.04. The Morgan fingerprint density at radius 2 is 2.11 bits per heavy atom. The molecule has 2 aromatic rings. The molecule has 2 rings (SSSR count). The van der Waals surface area contributed by atoms with E-state index in [0.29, 0.717) is 17.0 Å². The molecule has 0 saturated heterocycles. The quantitative estimate of drug-likeness (QED) is 0.943. The Balaban J connectivity index is 2.04. The number of ether oxygens (including phenoxy) is 1. The normalized spacial score (nSPS) is 10.4. The number of rotatable bonds is 4. The van der Waals surface area contributed by atoms with Crippen LogP contribution in [0.3, 0.4) is 0 Å². The van der Waals surface area contributed by atoms with Gasteiger partial charge in [-0.1, -0.05) is 15.9 Å². The molecule has 0 bridgehead atoms. The Hall–Kier alpha value is -1.46. The van der Waals surface area contributed by atoms with Gasteiger partial charge in [0.15, 0.2) is 0 Å². The van der Waals surface area contributed by atoms with E-state index in [1.54, 1.807) is 24.3 Å². The van der Waals surface area contributed by atoms with Gasteiger partial charge in [0.2, 0.25) is 0 Å². The van der Waals surface area contributed by atoms with Crippen LogP contribution in [-0.4, -0.2) is 10.1 Å². The van der Waals surface area contributed by atoms with E-state index < -0.39 is 0 Å². The van der Waals surface area contributed by atoms with Gasteiger partial charge in [0.1, 0.15) is 18.2 Å². The van der Waals surface area contributed by atoms with Gasteiger partial charge in [-0.15, -0.1) is 0 Å². The molecule has 0 unspecified atom stereocenters. The van der Waals surface area contributed by atoms with Gasteiger partial charge in [-0.3, -0.25) is 4.98 Å². The van der Waals surface area contributed by atoms with Crippen LogP contribution in [0.5, 0.6) is 5.75 Å². The van der Waals surface area contributed by atoms with Crippen molar-refractivity contribution < 1.29 is 14.2 Å². The maximum absolute atomic E-state index is 13.4. The summed E-state index contributed by atoms with van der Waals surface area (Å²) >= 11 is 3.28. The van der Waals surface area contributed by atoms with Gasteiger partial charge in [0.05, 0.1) is 18.5 Å². The van der Waals surface area contributed by atoms with Crippen molar-refractivity contribution in [1.82, 2.24) is 4.98 Å². The second kappa shape index (κ2) is 5.93. The van der Waals surface area contributed by atoms with Crippen molar-refractivity contribution in [2.75, 3.05) is 0 Å². The third kappa shape index (κ3) is 3.27. The van der Waals surface area contributed by atoms with Crippen LogP contribution in [0.15, 0.2) is 41.0 Å². The number of aliphatic hydroxyl groups is 1. The van der Waals surface area contributed by atoms with E-state index in [-0.39, 0.29) is 19.0 Å². The lowest BCUT2D eigenvalue weighted by Gasteiger charge is -2.07. The van der Waals surface area contributed by atoms with Gasteiger partial charge in [0.25, 0.3) is 0 Å². The van der Waals surface area contributed by atoms with Gasteiger partial charge < -0.3 is 9.84 Å². The van der Waals surface area contributed by atoms with Gasteiger partial charge in [-0.2, -0.15) is 0 Å². The topological polar surface area (TPSA) is 42.4 Å². The Kier molecular flexibility index (Phi) is 4.28. The average Bonchev–Trinajstić information content (AvgIpc) is 2.40. The summed E-state index contributed by atoms with van der Waals surface area (Å²) in [4.78, 5) is 3.97. The summed E-state index contributed by atoms with van der Waals surface area (Å²) in [6, 6.07) is 8.04. The zero-order valence-electron chi connectivity index (χ0n) is 9.44. The van der Waals surface area contributed by atoms with Crippen LogP contribution in [0.1, 0.15) is 11.3 Å². The summed E-state index contributed by atoms with van der Waals surface area (Å²) in [5, 5.41) is 8.85. The lowest BCUT2D eigenvalue weighted by Crippen LogP contribution is -1.99. The largest absolute Gasteiger partial charge is 0.487 e. The molecule has 1 aromatic heterocycles. The first kappa shape index (κ1) is 13.0. The molecule has 0 atom stereocenters. The van der Waals surface area contributed by atoms with Crippen LogP contribution in [0, 0.1) is 5.82 Å². The smallest absolute Gasteiger partial charge is 0.138 e. The predicted octanol–water partition coefficient (Wildman–Crippen LogP) is 3.05. The SMILES string of the molecule is OCc1ccc(OCc2cc(Br)ccc2F)cn1. The van der Waals surface area contributed by atoms with Crippen molar-refractivity contribution >= 4 is 15.9 Å². The number of benzene rings is 1. The number of hydrogen-bond acceptors (Lipinski definition) is 3. The molecule has 1 heterocycles. The van der Waals surface area contributed by atoms with Crippen molar-refractivity contribution in [2.24, 2.45) is 0 Å². The van der Waals surface area contributed by atoms with Crippen molar-refractivity contribution in [3.8, 4) is 5.75 Å². The van der Waals surface area contributed by atoms with Crippen LogP contribution in [0.4, 0.5) is 4.39 Å². The molecule has 0 saturated carbocycles. The molecule has 1 aromatic carbocycles. The van der Waals surface area contributed by atoms with Gasteiger partial charge >= 0.3 is 0 Å². The number of nitrogens with zero attached hydrogens (tertiary/aromatic N) is 1. The lowest BCUT2D eigenvalue weighted by atomic mass is 10.2. The summed E-state index contributed by atoms with van der Waals surface area (Å²) in [5.41, 5.74) is 1.03. The molecule has 0 amide bonds. The van der Waals surface area contributed by atoms with E-state index >= 15 is 0 Å². The minimum atomic E-state index is -0.307. The number of hydrogen-bond donors (Lipinski definition) is 1. The van der Waals surface area contributed by atoms with Crippen LogP contribution < -0.4 is 4.74 Å². The molecule has 18 heavy (non-hydrogen) atoms. The third-order valence-electron chi connectivity index (χ3n) is 2.36. The Morgan fingerprint density at radius 3 is 2.78 bits per heavy atom. The van der Waals surface area contributed by atoms with Crippen LogP contribution in [0.25, 0.3) is 0 Å². The van der Waals surface area contributed by atoms with Crippen LogP contribution in [0.2, 0.25) is 0 Å². The summed E-state index contributed by atoms with van der Waals surface area (Å²) < 4.78 is 19.7. The molecule has 0 fully saturated rings. The maximum atomic E-state index is 13.4. The fraction of sp³-hybridized carbons (Fsp3) is 0.154. The first-order chi connectivity index (χ1) is 8.69. The van der Waals surface area contributed by atoms with Crippen molar-refractivity contribution in [3.05, 3.63) is 58.1 Å². The maximum Gasteiger partial charge on any atom is 0.138 e. The zero-order chi connectivity index (χ0) is 13.0. The highest BCUT2D eigenvalue weighted by Crippen LogP contribution is 2.18. The lowest BCUT2D eigenvalue weighted by molar-refractivity contribution is 0.274. The Morgan fingerprint density at radius 1 is 1.28 bits per heavy atom. The van der Waals surface area contributed by atoms with Crippen molar-refractivity contribution in [2.45, 2.75) is 13.2 Å². The highest BCUT2D eigenvalue weighted by molar-refractivity contribution is 9.10. The van der Waals surface area contributed by atoms with Crippen molar-refractivity contribution in [1.29, 1.82) is 0 Å². The minimum absolute atomic E-state index is 0.111. The molecule has 5 heteroatoms. The molecule has 1 N–H and O–H groups in total. The van der Waals surface area contributed by atoms with Crippen molar-refractivity contribution in [3.63, 3.8) is 0 Å². The van der Waals surface area contributed by atoms with E-state index in [2.05, 4.69) is 20.9 Å². The van der Waals surface area contributed by atoms with Gasteiger partial charge in [-0.25, -0.2) is 4.39 Å². The summed E-state index contributed by atoms with van der Waals surface area (Å²) in [6.07, 6.45) is 1.50. The molecular formula is C13H11BrFNO2. The summed E-state index contributed by atoms with van der Waals surface area (Å²) in [7, 11) is 0. The second-order valence-electron chi connectivity index (χ2n) is 3.67. The Labute approximate surface area is 112 Å². The van der Waals surface area contributed by atoms with E-state index in [0.717, 1.165) is 4.47 Å². The van der Waals surface area contributed by atoms with Gasteiger partial charge in [-0.05, 0) is 30.3 Å². The molecule has 0 spiro atoms. The molecular weight excluding hydrogens is 301 g/mol. The molecule has 0 radical (unpaired) electrons. The van der Waals surface area contributed by atoms with E-state index in [1.807, 2.05) is 0 Å². The molecule has 94 valence electrons. The second-order valence-corrected chi connectivity index (χ2v) is 4.58. The number of aliphatic hydroxyl groups excluding tert-OH is 1. The number of halogens is 2. The number of pyridine rings is 1. The van der Waals surface area contributed by atoms with E-state index in [4.69, 9.17) is 9.84 Å². The monoisotopic (exact) mass is 311 g/mol. The van der Waals surface area contributed by atoms with E-state index in [9.17, 15) is 4.39 Å². The van der Waals surface area contributed by atoms with Gasteiger partial charge in [0, 0.05) is 10.0 Å². The Bertz CT molecular complexity index is 531. The zero-order valence-corrected chi connectivity index (χ0v) is 11.0. The fourth-order valence-corrected chi connectivity index (χ4v) is 1.81. The fourth-order valence-electron chi connectivity index (χ4n) is 1.40. The van der Waals surface area contributed by atoms with Crippen LogP contribution >= 0.6 is 15.9 Å². The standard InChI is InChI=1S/C13H11BrFNO2/c14-10-1-4-13(15)9(5-10)8-18-12-3-2-11(7-17)16-6-12/h1-6,17H,7-8H2. The van der Waals surface area contributed by atoms with Crippen LogP contribution in [-0.2, 0) is 13.2 Å². The highest BCUT2D eigenvalue weighted by atomic mass is 79.9. The first-order valence-electron chi connectivity index (χ1n) is 5.31. The molecule has 0 aliphatic heterocycles. The number of aromatic nitrogens is 1. The first-order valence-corrected chi connectivity index (χ1v) is 6.11. The molecule has 0 aliphatic carbocycles. The summed E-state index contributed by atoms with van der Waals surface area (Å²) in [5.74, 6) is 0.227. The molecule has 0 aliphatic rings. The minimum Gasteiger partial charge on any atom is -0.487 e. The third-order valence-corrected chi connectivity index (χ3v) is 2.85. The summed E-state index contributed by atoms with van der Waals surface area (Å²) in [6.45, 7) is 0.0198. The molecule has 3 nitrogen and oxygen atoms in total.